The van der Waals surface area contributed by atoms with Crippen LogP contribution in [0.5, 0.6) is 0 Å². The Hall–Kier alpha value is 0.596. The first-order valence-corrected chi connectivity index (χ1v) is 45.5. The molecule has 0 N–H and O–H groups in total. The number of hydrogen-bond acceptors (Lipinski definition) is 3. The van der Waals surface area contributed by atoms with E-state index in [1.54, 1.807) is 0 Å². The van der Waals surface area contributed by atoms with E-state index in [1.807, 2.05) is 0 Å². The van der Waals surface area contributed by atoms with Crippen LogP contribution in [-0.2, 0) is 13.0 Å². The molecule has 0 aliphatic heterocycles. The molecule has 0 saturated heterocycles. The molecule has 0 aromatic carbocycles. The molecule has 79 heavy (non-hydrogen) atoms. The van der Waals surface area contributed by atoms with Gasteiger partial charge < -0.3 is 13.0 Å². The van der Waals surface area contributed by atoms with Crippen molar-refractivity contribution >= 4 is 32.3 Å². The Balaban J connectivity index is 8.23. The third-order valence-corrected chi connectivity index (χ3v) is 32.4. The smallest absolute Gasteiger partial charge is 0.429 e. The topological polar surface area (TPSA) is 27.7 Å². The highest BCUT2D eigenvalue weighted by Crippen LogP contribution is 2.40. The predicted octanol–water partition coefficient (Wildman–Crippen LogP) is 28.1. The number of hydrogen-bond donors (Lipinski definition) is 0. The van der Waals surface area contributed by atoms with Crippen LogP contribution in [0.1, 0.15) is 409 Å². The molecular formula is C72H153BO3Si3. The zero-order valence-corrected chi connectivity index (χ0v) is 59.8. The quantitative estimate of drug-likeness (QED) is 0.0449. The normalized spacial score (nSPS) is 12.4. The summed E-state index contributed by atoms with van der Waals surface area (Å²) in [4.78, 5) is 0. The molecule has 0 radical (unpaired) electrons. The number of rotatable bonds is 69. The van der Waals surface area contributed by atoms with E-state index in [2.05, 4.69) is 62.3 Å². The van der Waals surface area contributed by atoms with Gasteiger partial charge in [0, 0.05) is 0 Å². The van der Waals surface area contributed by atoms with Crippen LogP contribution in [-0.4, -0.2) is 32.3 Å². The minimum Gasteiger partial charge on any atom is -0.429 e. The van der Waals surface area contributed by atoms with Crippen LogP contribution in [0.3, 0.4) is 0 Å². The molecular weight excluding hydrogens is 1010 g/mol. The predicted molar refractivity (Wildman–Crippen MR) is 370 cm³/mol. The maximum atomic E-state index is 8.55. The fourth-order valence-corrected chi connectivity index (χ4v) is 26.5. The van der Waals surface area contributed by atoms with Crippen molar-refractivity contribution in [2.24, 2.45) is 0 Å². The highest BCUT2D eigenvalue weighted by Gasteiger charge is 2.49. The first-order chi connectivity index (χ1) is 38.8. The summed E-state index contributed by atoms with van der Waals surface area (Å²) in [6.45, 7) is 21.5. The third kappa shape index (κ3) is 49.4. The highest BCUT2D eigenvalue weighted by atomic mass is 28.4. The summed E-state index contributed by atoms with van der Waals surface area (Å²) >= 11 is 0. The van der Waals surface area contributed by atoms with E-state index in [0.29, 0.717) is 0 Å². The summed E-state index contributed by atoms with van der Waals surface area (Å²) < 4.78 is 25.7. The van der Waals surface area contributed by atoms with E-state index in [1.165, 1.54) is 401 Å². The van der Waals surface area contributed by atoms with E-state index in [4.69, 9.17) is 13.0 Å². The first-order valence-electron chi connectivity index (χ1n) is 37.9. The Bertz CT molecular complexity index is 899. The molecule has 0 aromatic heterocycles. The van der Waals surface area contributed by atoms with Crippen LogP contribution in [0.2, 0.25) is 54.4 Å². The SMILES string of the molecule is CCCCCCCC[Si](CCCCCCCC)(CCCCCCCC)OB(O[Si](CCCCCCCC)(CCCCCCCC)CCCCCCCC)O[Si](CCCCCCCC)(CCCCCCCC)CCCCCCCC. The van der Waals surface area contributed by atoms with Gasteiger partial charge in [0.25, 0.3) is 0 Å². The molecule has 0 heterocycles. The summed E-state index contributed by atoms with van der Waals surface area (Å²) in [6, 6.07) is 12.1. The lowest BCUT2D eigenvalue weighted by atomic mass is 10.1. The fourth-order valence-electron chi connectivity index (χ4n) is 13.4. The van der Waals surface area contributed by atoms with E-state index < -0.39 is 32.3 Å². The highest BCUT2D eigenvalue weighted by molar-refractivity contribution is 6.86. The van der Waals surface area contributed by atoms with Gasteiger partial charge in [-0.25, -0.2) is 0 Å². The molecule has 0 amide bonds. The lowest BCUT2D eigenvalue weighted by Gasteiger charge is -2.43. The first kappa shape index (κ1) is 79.6. The second-order valence-corrected chi connectivity index (χ2v) is 39.2. The minimum atomic E-state index is -2.29. The molecule has 0 aromatic rings. The van der Waals surface area contributed by atoms with E-state index in [-0.39, 0.29) is 0 Å². The van der Waals surface area contributed by atoms with Crippen molar-refractivity contribution in [3.8, 4) is 0 Å². The Morgan fingerprint density at radius 3 is 0.367 bits per heavy atom. The maximum Gasteiger partial charge on any atom is 0.606 e. The fraction of sp³-hybridized carbons (Fsp3) is 1.00. The molecule has 0 spiro atoms. The van der Waals surface area contributed by atoms with E-state index >= 15 is 0 Å². The molecule has 0 bridgehead atoms. The van der Waals surface area contributed by atoms with Crippen molar-refractivity contribution in [1.29, 1.82) is 0 Å². The van der Waals surface area contributed by atoms with Crippen LogP contribution in [0, 0.1) is 0 Å². The van der Waals surface area contributed by atoms with Gasteiger partial charge in [-0.1, -0.05) is 409 Å². The average molecular weight is 1160 g/mol. The van der Waals surface area contributed by atoms with Crippen LogP contribution < -0.4 is 0 Å². The average Bonchev–Trinajstić information content (AvgIpc) is 3.46. The third-order valence-electron chi connectivity index (χ3n) is 18.9. The Morgan fingerprint density at radius 1 is 0.152 bits per heavy atom. The van der Waals surface area contributed by atoms with Crippen molar-refractivity contribution in [3.05, 3.63) is 0 Å². The zero-order chi connectivity index (χ0) is 57.7. The lowest BCUT2D eigenvalue weighted by Crippen LogP contribution is -2.56. The van der Waals surface area contributed by atoms with Gasteiger partial charge in [-0.2, -0.15) is 0 Å². The van der Waals surface area contributed by atoms with E-state index in [9.17, 15) is 0 Å². The van der Waals surface area contributed by atoms with Gasteiger partial charge in [0.05, 0.1) is 0 Å². The van der Waals surface area contributed by atoms with Crippen molar-refractivity contribution < 1.29 is 13.0 Å². The van der Waals surface area contributed by atoms with Gasteiger partial charge >= 0.3 is 7.32 Å². The van der Waals surface area contributed by atoms with Gasteiger partial charge in [0.2, 0.25) is 0 Å². The largest absolute Gasteiger partial charge is 0.606 e. The second-order valence-electron chi connectivity index (χ2n) is 26.9. The Labute approximate surface area is 505 Å². The molecule has 0 aliphatic carbocycles. The molecule has 0 aliphatic rings. The molecule has 0 saturated carbocycles. The number of unbranched alkanes of at least 4 members (excludes halogenated alkanes) is 45. The molecule has 0 unspecified atom stereocenters. The van der Waals surface area contributed by atoms with Crippen LogP contribution in [0.4, 0.5) is 0 Å². The zero-order valence-electron chi connectivity index (χ0n) is 56.8. The monoisotopic (exact) mass is 1160 g/mol. The van der Waals surface area contributed by atoms with Crippen LogP contribution >= 0.6 is 0 Å². The molecule has 0 rings (SSSR count). The molecule has 7 heteroatoms. The summed E-state index contributed by atoms with van der Waals surface area (Å²) in [5.41, 5.74) is 0. The molecule has 3 nitrogen and oxygen atoms in total. The summed E-state index contributed by atoms with van der Waals surface area (Å²) in [5, 5.41) is 0. The van der Waals surface area contributed by atoms with Crippen molar-refractivity contribution in [3.63, 3.8) is 0 Å². The summed E-state index contributed by atoms with van der Waals surface area (Å²) in [5.74, 6) is 0. The summed E-state index contributed by atoms with van der Waals surface area (Å²) in [7, 11) is -7.27. The van der Waals surface area contributed by atoms with Gasteiger partial charge in [-0.3, -0.25) is 0 Å². The molecule has 0 fully saturated rings. The van der Waals surface area contributed by atoms with E-state index in [0.717, 1.165) is 0 Å². The van der Waals surface area contributed by atoms with Crippen molar-refractivity contribution in [2.45, 2.75) is 463 Å². The lowest BCUT2D eigenvalue weighted by molar-refractivity contribution is 0.277. The molecule has 0 atom stereocenters. The summed E-state index contributed by atoms with van der Waals surface area (Å²) in [6.07, 6.45) is 74.5. The molecule has 474 valence electrons. The van der Waals surface area contributed by atoms with Gasteiger partial charge in [0.1, 0.15) is 0 Å². The van der Waals surface area contributed by atoms with Gasteiger partial charge in [-0.05, 0) is 54.4 Å². The minimum absolute atomic E-state index is 0.411. The van der Waals surface area contributed by atoms with Gasteiger partial charge in [-0.15, -0.1) is 0 Å². The van der Waals surface area contributed by atoms with Gasteiger partial charge in [0.15, 0.2) is 25.0 Å². The van der Waals surface area contributed by atoms with Crippen molar-refractivity contribution in [1.82, 2.24) is 0 Å². The van der Waals surface area contributed by atoms with Crippen LogP contribution in [0.15, 0.2) is 0 Å². The maximum absolute atomic E-state index is 8.55. The van der Waals surface area contributed by atoms with Crippen molar-refractivity contribution in [2.75, 3.05) is 0 Å². The Kier molecular flexibility index (Phi) is 62.1. The second kappa shape index (κ2) is 61.7. The van der Waals surface area contributed by atoms with Crippen LogP contribution in [0.25, 0.3) is 0 Å². The standard InChI is InChI=1S/C72H153BO3Si3/c1-10-19-28-37-46-55-64-77(65-56-47-38-29-20-11-2,66-57-48-39-30-21-12-3)74-73(75-78(67-58-49-40-31-22-13-4,68-59-50-41-32-23-14-5)69-60-51-42-33-24-15-6)76-79(70-61-52-43-34-25-16-7,71-62-53-44-35-26-17-8)72-63-54-45-36-27-18-9/h10-72H2,1-9H3. The Morgan fingerprint density at radius 2 is 0.253 bits per heavy atom.